The lowest BCUT2D eigenvalue weighted by Gasteiger charge is -2.34. The van der Waals surface area contributed by atoms with Crippen LogP contribution in [0.25, 0.3) is 0 Å². The Morgan fingerprint density at radius 1 is 1.26 bits per heavy atom. The lowest BCUT2D eigenvalue weighted by molar-refractivity contribution is 0.314. The Bertz CT molecular complexity index is 731. The fourth-order valence-electron chi connectivity index (χ4n) is 3.27. The van der Waals surface area contributed by atoms with Gasteiger partial charge >= 0.3 is 0 Å². The number of halogens is 1. The summed E-state index contributed by atoms with van der Waals surface area (Å²) >= 11 is 2.43. The number of anilines is 1. The molecule has 1 aliphatic heterocycles. The average Bonchev–Trinajstić information content (AvgIpc) is 2.84. The highest BCUT2D eigenvalue weighted by atomic mass is 127. The minimum atomic E-state index is 0.664. The predicted molar refractivity (Wildman–Crippen MR) is 102 cm³/mol. The van der Waals surface area contributed by atoms with Gasteiger partial charge in [-0.2, -0.15) is 0 Å². The summed E-state index contributed by atoms with van der Waals surface area (Å²) in [6.45, 7) is 1.60. The normalized spacial score (nSPS) is 17.0. The summed E-state index contributed by atoms with van der Waals surface area (Å²) in [5, 5.41) is 0. The van der Waals surface area contributed by atoms with Crippen molar-refractivity contribution in [2.24, 2.45) is 4.99 Å². The van der Waals surface area contributed by atoms with Crippen LogP contribution in [-0.4, -0.2) is 24.6 Å². The van der Waals surface area contributed by atoms with Crippen LogP contribution in [-0.2, 0) is 6.54 Å². The quantitative estimate of drug-likeness (QED) is 0.692. The van der Waals surface area contributed by atoms with Crippen LogP contribution in [0.2, 0.25) is 0 Å². The topological polar surface area (TPSA) is 29.8 Å². The number of methoxy groups -OCH3 is 1. The minimum absolute atomic E-state index is 0.664. The summed E-state index contributed by atoms with van der Waals surface area (Å²) in [4.78, 5) is 6.95. The largest absolute Gasteiger partial charge is 0.497 e. The molecule has 1 aromatic carbocycles. The molecule has 2 aliphatic rings. The second kappa shape index (κ2) is 6.19. The Balaban J connectivity index is 1.64. The Morgan fingerprint density at radius 3 is 2.70 bits per heavy atom. The summed E-state index contributed by atoms with van der Waals surface area (Å²) in [5.41, 5.74) is 2.56. The molecule has 23 heavy (non-hydrogen) atoms. The van der Waals surface area contributed by atoms with E-state index in [0.717, 1.165) is 19.0 Å². The number of benzene rings is 1. The third-order valence-electron chi connectivity index (χ3n) is 4.77. The van der Waals surface area contributed by atoms with Crippen molar-refractivity contribution in [2.45, 2.75) is 31.8 Å². The van der Waals surface area contributed by atoms with Gasteiger partial charge in [-0.1, -0.05) is 12.1 Å². The first-order valence-corrected chi connectivity index (χ1v) is 9.12. The molecular weight excluding hydrogens is 401 g/mol. The molecule has 0 saturated heterocycles. The molecule has 0 radical (unpaired) electrons. The van der Waals surface area contributed by atoms with E-state index in [1.165, 1.54) is 39.8 Å². The molecule has 1 aromatic heterocycles. The lowest BCUT2D eigenvalue weighted by atomic mass is 9.93. The maximum atomic E-state index is 5.25. The molecular formula is C18H20IN3O. The van der Waals surface area contributed by atoms with Crippen molar-refractivity contribution >= 4 is 34.6 Å². The van der Waals surface area contributed by atoms with E-state index in [9.17, 15) is 0 Å². The van der Waals surface area contributed by atoms with Crippen molar-refractivity contribution in [3.8, 4) is 5.75 Å². The molecule has 5 heteroatoms. The summed E-state index contributed by atoms with van der Waals surface area (Å²) in [7, 11) is 1.70. The minimum Gasteiger partial charge on any atom is -0.497 e. The maximum absolute atomic E-state index is 5.25. The van der Waals surface area contributed by atoms with E-state index < -0.39 is 0 Å². The first-order chi connectivity index (χ1) is 11.3. The molecule has 1 aliphatic carbocycles. The number of aliphatic imine (C=N–C) groups is 1. The van der Waals surface area contributed by atoms with E-state index in [4.69, 9.17) is 4.74 Å². The number of fused-ring (bicyclic) bond motifs is 1. The van der Waals surface area contributed by atoms with Crippen molar-refractivity contribution in [1.82, 2.24) is 4.57 Å². The molecule has 0 unspecified atom stereocenters. The van der Waals surface area contributed by atoms with Gasteiger partial charge < -0.3 is 14.2 Å². The van der Waals surface area contributed by atoms with E-state index in [1.54, 1.807) is 7.11 Å². The third-order valence-corrected chi connectivity index (χ3v) is 5.63. The third kappa shape index (κ3) is 2.75. The fourth-order valence-corrected chi connectivity index (χ4v) is 3.95. The lowest BCUT2D eigenvalue weighted by Crippen LogP contribution is -2.30. The molecule has 0 amide bonds. The Hall–Kier alpha value is -1.50. The van der Waals surface area contributed by atoms with Crippen molar-refractivity contribution in [2.75, 3.05) is 18.7 Å². The standard InChI is InChI=1S/C18H20IN3O/c1-23-15-7-5-13(6-8-15)10-21-12-20-9-16-17(19)11-22(18(16)21)14-3-2-4-14/h5-9,11,14H,2-4,10,12H2,1H3. The number of aromatic nitrogens is 1. The second-order valence-corrected chi connectivity index (χ2v) is 7.37. The second-order valence-electron chi connectivity index (χ2n) is 6.21. The molecule has 0 atom stereocenters. The molecule has 4 nitrogen and oxygen atoms in total. The Labute approximate surface area is 150 Å². The molecule has 0 N–H and O–H groups in total. The summed E-state index contributed by atoms with van der Waals surface area (Å²) < 4.78 is 9.03. The van der Waals surface area contributed by atoms with Gasteiger partial charge in [0, 0.05) is 34.1 Å². The molecule has 2 aromatic rings. The van der Waals surface area contributed by atoms with E-state index >= 15 is 0 Å². The molecule has 0 bridgehead atoms. The van der Waals surface area contributed by atoms with Crippen molar-refractivity contribution in [3.05, 3.63) is 45.2 Å². The molecule has 4 rings (SSSR count). The van der Waals surface area contributed by atoms with Crippen molar-refractivity contribution in [1.29, 1.82) is 0 Å². The van der Waals surface area contributed by atoms with Crippen LogP contribution >= 0.6 is 22.6 Å². The zero-order valence-corrected chi connectivity index (χ0v) is 15.4. The monoisotopic (exact) mass is 421 g/mol. The van der Waals surface area contributed by atoms with E-state index in [-0.39, 0.29) is 0 Å². The molecule has 2 heterocycles. The highest BCUT2D eigenvalue weighted by molar-refractivity contribution is 14.1. The van der Waals surface area contributed by atoms with Gasteiger partial charge in [-0.05, 0) is 59.5 Å². The average molecular weight is 421 g/mol. The molecule has 0 spiro atoms. The molecule has 120 valence electrons. The van der Waals surface area contributed by atoms with Crippen LogP contribution in [0.5, 0.6) is 5.75 Å². The highest BCUT2D eigenvalue weighted by Crippen LogP contribution is 2.40. The van der Waals surface area contributed by atoms with Crippen LogP contribution in [0.4, 0.5) is 5.82 Å². The number of hydrogen-bond donors (Lipinski definition) is 0. The number of ether oxygens (including phenoxy) is 1. The van der Waals surface area contributed by atoms with Gasteiger partial charge in [0.2, 0.25) is 0 Å². The zero-order chi connectivity index (χ0) is 15.8. The number of rotatable bonds is 4. The smallest absolute Gasteiger partial charge is 0.120 e. The first kappa shape index (κ1) is 15.1. The summed E-state index contributed by atoms with van der Waals surface area (Å²) in [6.07, 6.45) is 8.28. The maximum Gasteiger partial charge on any atom is 0.120 e. The van der Waals surface area contributed by atoms with E-state index in [1.807, 2.05) is 18.3 Å². The van der Waals surface area contributed by atoms with Crippen LogP contribution < -0.4 is 9.64 Å². The predicted octanol–water partition coefficient (Wildman–Crippen LogP) is 4.22. The molecule has 1 saturated carbocycles. The zero-order valence-electron chi connectivity index (χ0n) is 13.2. The van der Waals surface area contributed by atoms with Crippen LogP contribution in [0.1, 0.15) is 36.4 Å². The van der Waals surface area contributed by atoms with Gasteiger partial charge in [-0.15, -0.1) is 0 Å². The van der Waals surface area contributed by atoms with Gasteiger partial charge in [-0.3, -0.25) is 4.99 Å². The Morgan fingerprint density at radius 2 is 2.04 bits per heavy atom. The van der Waals surface area contributed by atoms with E-state index in [0.29, 0.717) is 6.04 Å². The van der Waals surface area contributed by atoms with Gasteiger partial charge in [0.05, 0.1) is 7.11 Å². The van der Waals surface area contributed by atoms with Crippen LogP contribution in [0, 0.1) is 3.57 Å². The summed E-state index contributed by atoms with van der Waals surface area (Å²) in [5.74, 6) is 2.24. The van der Waals surface area contributed by atoms with Crippen molar-refractivity contribution in [3.63, 3.8) is 0 Å². The number of nitrogens with zero attached hydrogens (tertiary/aromatic N) is 3. The van der Waals surface area contributed by atoms with Gasteiger partial charge in [0.25, 0.3) is 0 Å². The van der Waals surface area contributed by atoms with Gasteiger partial charge in [0.1, 0.15) is 18.2 Å². The van der Waals surface area contributed by atoms with E-state index in [2.05, 4.69) is 55.4 Å². The number of hydrogen-bond acceptors (Lipinski definition) is 3. The van der Waals surface area contributed by atoms with Gasteiger partial charge in [-0.25, -0.2) is 0 Å². The van der Waals surface area contributed by atoms with Gasteiger partial charge in [0.15, 0.2) is 0 Å². The highest BCUT2D eigenvalue weighted by Gasteiger charge is 2.28. The Kier molecular flexibility index (Phi) is 4.05. The SMILES string of the molecule is COc1ccc(CN2CN=Cc3c(I)cn(C4CCC4)c32)cc1. The molecule has 1 fully saturated rings. The van der Waals surface area contributed by atoms with Crippen LogP contribution in [0.15, 0.2) is 35.5 Å². The van der Waals surface area contributed by atoms with Crippen molar-refractivity contribution < 1.29 is 4.74 Å². The summed E-state index contributed by atoms with van der Waals surface area (Å²) in [6, 6.07) is 8.99. The van der Waals surface area contributed by atoms with Crippen LogP contribution in [0.3, 0.4) is 0 Å². The fraction of sp³-hybridized carbons (Fsp3) is 0.389. The first-order valence-electron chi connectivity index (χ1n) is 8.04.